The number of ether oxygens (including phenoxy) is 1. The fourth-order valence-electron chi connectivity index (χ4n) is 1.53. The molecule has 0 spiro atoms. The largest absolute Gasteiger partial charge is 0.461 e. The van der Waals surface area contributed by atoms with Crippen molar-refractivity contribution in [1.29, 1.82) is 0 Å². The van der Waals surface area contributed by atoms with E-state index in [0.717, 1.165) is 18.4 Å². The van der Waals surface area contributed by atoms with Crippen LogP contribution >= 0.6 is 0 Å². The second-order valence-corrected chi connectivity index (χ2v) is 3.92. The van der Waals surface area contributed by atoms with Gasteiger partial charge in [-0.05, 0) is 18.9 Å². The number of hydrogen-bond acceptors (Lipinski definition) is 3. The highest BCUT2D eigenvalue weighted by atomic mass is 16.5. The van der Waals surface area contributed by atoms with E-state index in [2.05, 4.69) is 6.92 Å². The average molecular weight is 221 g/mol. The Morgan fingerprint density at radius 2 is 2.00 bits per heavy atom. The maximum absolute atomic E-state index is 11.7. The molecule has 0 fully saturated rings. The molecule has 2 atom stereocenters. The van der Waals surface area contributed by atoms with E-state index in [-0.39, 0.29) is 12.1 Å². The number of benzene rings is 1. The molecule has 0 saturated carbocycles. The number of rotatable bonds is 5. The summed E-state index contributed by atoms with van der Waals surface area (Å²) >= 11 is 0. The molecule has 0 aliphatic rings. The van der Waals surface area contributed by atoms with Gasteiger partial charge in [0.15, 0.2) is 0 Å². The minimum absolute atomic E-state index is 0.0627. The first-order valence-electron chi connectivity index (χ1n) is 5.66. The summed E-state index contributed by atoms with van der Waals surface area (Å²) < 4.78 is 5.24. The molecule has 2 N–H and O–H groups in total. The Kier molecular flexibility index (Phi) is 4.99. The van der Waals surface area contributed by atoms with Crippen LogP contribution in [-0.2, 0) is 9.53 Å². The maximum atomic E-state index is 11.7. The van der Waals surface area contributed by atoms with E-state index in [0.29, 0.717) is 0 Å². The molecule has 88 valence electrons. The molecule has 3 heteroatoms. The third-order valence-electron chi connectivity index (χ3n) is 2.43. The predicted molar refractivity (Wildman–Crippen MR) is 63.8 cm³/mol. The molecule has 0 aliphatic heterocycles. The van der Waals surface area contributed by atoms with Crippen LogP contribution < -0.4 is 5.73 Å². The zero-order chi connectivity index (χ0) is 12.0. The molecule has 0 aromatic heterocycles. The van der Waals surface area contributed by atoms with Crippen molar-refractivity contribution in [2.24, 2.45) is 5.73 Å². The third-order valence-corrected chi connectivity index (χ3v) is 2.43. The molecular formula is C13H19NO2. The molecule has 1 rings (SSSR count). The quantitative estimate of drug-likeness (QED) is 0.777. The molecule has 0 radical (unpaired) electrons. The van der Waals surface area contributed by atoms with E-state index in [1.807, 2.05) is 37.3 Å². The molecule has 2 unspecified atom stereocenters. The van der Waals surface area contributed by atoms with E-state index in [1.54, 1.807) is 0 Å². The topological polar surface area (TPSA) is 52.3 Å². The third kappa shape index (κ3) is 3.66. The van der Waals surface area contributed by atoms with Crippen molar-refractivity contribution in [3.63, 3.8) is 0 Å². The predicted octanol–water partition coefficient (Wildman–Crippen LogP) is 2.42. The SMILES string of the molecule is CCCC(C)OC(=O)C(N)c1ccccc1. The highest BCUT2D eigenvalue weighted by Gasteiger charge is 2.18. The van der Waals surface area contributed by atoms with Crippen LogP contribution in [0, 0.1) is 0 Å². The lowest BCUT2D eigenvalue weighted by Crippen LogP contribution is -2.26. The van der Waals surface area contributed by atoms with Crippen molar-refractivity contribution in [2.75, 3.05) is 0 Å². The summed E-state index contributed by atoms with van der Waals surface area (Å²) in [6.45, 7) is 3.95. The summed E-state index contributed by atoms with van der Waals surface area (Å²) in [6, 6.07) is 8.59. The molecule has 0 saturated heterocycles. The second-order valence-electron chi connectivity index (χ2n) is 3.92. The molecule has 1 aromatic rings. The van der Waals surface area contributed by atoms with Crippen LogP contribution in [0.3, 0.4) is 0 Å². The molecule has 16 heavy (non-hydrogen) atoms. The summed E-state index contributed by atoms with van der Waals surface area (Å²) in [4.78, 5) is 11.7. The van der Waals surface area contributed by atoms with Crippen molar-refractivity contribution in [2.45, 2.75) is 38.8 Å². The maximum Gasteiger partial charge on any atom is 0.327 e. The van der Waals surface area contributed by atoms with Crippen LogP contribution in [0.25, 0.3) is 0 Å². The highest BCUT2D eigenvalue weighted by Crippen LogP contribution is 2.13. The van der Waals surface area contributed by atoms with Crippen molar-refractivity contribution in [3.8, 4) is 0 Å². The van der Waals surface area contributed by atoms with E-state index < -0.39 is 6.04 Å². The Balaban J connectivity index is 2.55. The lowest BCUT2D eigenvalue weighted by Gasteiger charge is -2.16. The van der Waals surface area contributed by atoms with E-state index in [4.69, 9.17) is 10.5 Å². The van der Waals surface area contributed by atoms with Gasteiger partial charge in [-0.3, -0.25) is 0 Å². The van der Waals surface area contributed by atoms with Gasteiger partial charge in [0.1, 0.15) is 6.04 Å². The smallest absolute Gasteiger partial charge is 0.327 e. The van der Waals surface area contributed by atoms with E-state index in [1.165, 1.54) is 0 Å². The summed E-state index contributed by atoms with van der Waals surface area (Å²) in [5, 5.41) is 0. The summed E-state index contributed by atoms with van der Waals surface area (Å²) in [6.07, 6.45) is 1.80. The van der Waals surface area contributed by atoms with Gasteiger partial charge in [-0.2, -0.15) is 0 Å². The van der Waals surface area contributed by atoms with Gasteiger partial charge in [0.2, 0.25) is 0 Å². The normalized spacial score (nSPS) is 14.2. The number of carbonyl (C=O) groups is 1. The first kappa shape index (κ1) is 12.7. The van der Waals surface area contributed by atoms with Crippen molar-refractivity contribution in [3.05, 3.63) is 35.9 Å². The number of esters is 1. The van der Waals surface area contributed by atoms with Crippen molar-refractivity contribution >= 4 is 5.97 Å². The second kappa shape index (κ2) is 6.28. The number of nitrogens with two attached hydrogens (primary N) is 1. The fourth-order valence-corrected chi connectivity index (χ4v) is 1.53. The molecular weight excluding hydrogens is 202 g/mol. The Labute approximate surface area is 96.6 Å². The Bertz CT molecular complexity index is 324. The van der Waals surface area contributed by atoms with Crippen LogP contribution in [0.4, 0.5) is 0 Å². The molecule has 0 amide bonds. The minimum atomic E-state index is -0.680. The van der Waals surface area contributed by atoms with Crippen molar-refractivity contribution in [1.82, 2.24) is 0 Å². The van der Waals surface area contributed by atoms with Gasteiger partial charge in [-0.1, -0.05) is 43.7 Å². The van der Waals surface area contributed by atoms with Crippen LogP contribution in [-0.4, -0.2) is 12.1 Å². The Morgan fingerprint density at radius 3 is 2.56 bits per heavy atom. The first-order valence-corrected chi connectivity index (χ1v) is 5.66. The van der Waals surface area contributed by atoms with Gasteiger partial charge in [0, 0.05) is 0 Å². The van der Waals surface area contributed by atoms with Crippen LogP contribution in [0.15, 0.2) is 30.3 Å². The zero-order valence-electron chi connectivity index (χ0n) is 9.85. The highest BCUT2D eigenvalue weighted by molar-refractivity contribution is 5.77. The monoisotopic (exact) mass is 221 g/mol. The standard InChI is InChI=1S/C13H19NO2/c1-3-7-10(2)16-13(15)12(14)11-8-5-4-6-9-11/h4-6,8-10,12H,3,7,14H2,1-2H3. The molecule has 3 nitrogen and oxygen atoms in total. The molecule has 0 aliphatic carbocycles. The van der Waals surface area contributed by atoms with E-state index >= 15 is 0 Å². The van der Waals surface area contributed by atoms with Crippen LogP contribution in [0.5, 0.6) is 0 Å². The number of carbonyl (C=O) groups excluding carboxylic acids is 1. The summed E-state index contributed by atoms with van der Waals surface area (Å²) in [7, 11) is 0. The lowest BCUT2D eigenvalue weighted by atomic mass is 10.1. The zero-order valence-corrected chi connectivity index (χ0v) is 9.85. The fraction of sp³-hybridized carbons (Fsp3) is 0.462. The summed E-state index contributed by atoms with van der Waals surface area (Å²) in [5.74, 6) is -0.354. The molecule has 1 aromatic carbocycles. The Morgan fingerprint density at radius 1 is 1.38 bits per heavy atom. The first-order chi connectivity index (χ1) is 7.65. The van der Waals surface area contributed by atoms with Crippen molar-refractivity contribution < 1.29 is 9.53 Å². The summed E-state index contributed by atoms with van der Waals surface area (Å²) in [5.41, 5.74) is 6.60. The van der Waals surface area contributed by atoms with Gasteiger partial charge in [0.05, 0.1) is 6.10 Å². The van der Waals surface area contributed by atoms with E-state index in [9.17, 15) is 4.79 Å². The molecule has 0 heterocycles. The van der Waals surface area contributed by atoms with Gasteiger partial charge in [-0.15, -0.1) is 0 Å². The van der Waals surface area contributed by atoms with Gasteiger partial charge >= 0.3 is 5.97 Å². The van der Waals surface area contributed by atoms with Gasteiger partial charge in [-0.25, -0.2) is 4.79 Å². The van der Waals surface area contributed by atoms with Gasteiger partial charge in [0.25, 0.3) is 0 Å². The number of hydrogen-bond donors (Lipinski definition) is 1. The minimum Gasteiger partial charge on any atom is -0.461 e. The average Bonchev–Trinajstić information content (AvgIpc) is 2.29. The molecule has 0 bridgehead atoms. The lowest BCUT2D eigenvalue weighted by molar-refractivity contribution is -0.150. The Hall–Kier alpha value is -1.35. The van der Waals surface area contributed by atoms with Gasteiger partial charge < -0.3 is 10.5 Å². The van der Waals surface area contributed by atoms with Crippen LogP contribution in [0.1, 0.15) is 38.3 Å². The van der Waals surface area contributed by atoms with Crippen LogP contribution in [0.2, 0.25) is 0 Å².